The van der Waals surface area contributed by atoms with E-state index in [0.29, 0.717) is 24.8 Å². The van der Waals surface area contributed by atoms with Crippen LogP contribution in [0.15, 0.2) is 18.3 Å². The number of nitrogens with zero attached hydrogens (tertiary/aromatic N) is 2. The lowest BCUT2D eigenvalue weighted by molar-refractivity contribution is -0.185. The molecule has 0 aromatic carbocycles. The van der Waals surface area contributed by atoms with Crippen molar-refractivity contribution in [2.24, 2.45) is 5.92 Å². The molecule has 100 valence electrons. The maximum atomic E-state index is 12.5. The first kappa shape index (κ1) is 13.6. The summed E-state index contributed by atoms with van der Waals surface area (Å²) in [5.74, 6) is -1.14. The Balaban J connectivity index is 1.87. The predicted molar refractivity (Wildman–Crippen MR) is 63.3 cm³/mol. The molecule has 0 saturated carbocycles. The van der Waals surface area contributed by atoms with E-state index in [4.69, 9.17) is 11.6 Å². The van der Waals surface area contributed by atoms with Crippen molar-refractivity contribution < 1.29 is 13.2 Å². The molecule has 2 heterocycles. The van der Waals surface area contributed by atoms with Gasteiger partial charge in [-0.15, -0.1) is 0 Å². The van der Waals surface area contributed by atoms with Gasteiger partial charge in [0, 0.05) is 12.7 Å². The average molecular weight is 279 g/mol. The van der Waals surface area contributed by atoms with E-state index in [9.17, 15) is 13.2 Å². The van der Waals surface area contributed by atoms with E-state index in [1.807, 2.05) is 11.0 Å². The van der Waals surface area contributed by atoms with Gasteiger partial charge in [0.2, 0.25) is 0 Å². The topological polar surface area (TPSA) is 16.1 Å². The Labute approximate surface area is 109 Å². The van der Waals surface area contributed by atoms with Crippen molar-refractivity contribution in [1.29, 1.82) is 0 Å². The summed E-state index contributed by atoms with van der Waals surface area (Å²) in [6.45, 7) is 1.58. The van der Waals surface area contributed by atoms with Crippen LogP contribution in [-0.4, -0.2) is 29.1 Å². The second-order valence-corrected chi connectivity index (χ2v) is 4.97. The smallest absolute Gasteiger partial charge is 0.299 e. The second-order valence-electron chi connectivity index (χ2n) is 4.58. The van der Waals surface area contributed by atoms with E-state index >= 15 is 0 Å². The van der Waals surface area contributed by atoms with Crippen LogP contribution >= 0.6 is 11.6 Å². The van der Waals surface area contributed by atoms with Crippen LogP contribution in [0.1, 0.15) is 18.4 Å². The van der Waals surface area contributed by atoms with Gasteiger partial charge in [-0.05, 0) is 43.6 Å². The van der Waals surface area contributed by atoms with Crippen LogP contribution in [0.3, 0.4) is 0 Å². The quantitative estimate of drug-likeness (QED) is 0.770. The highest BCUT2D eigenvalue weighted by atomic mass is 35.5. The number of pyridine rings is 1. The van der Waals surface area contributed by atoms with Crippen LogP contribution in [0.2, 0.25) is 5.15 Å². The monoisotopic (exact) mass is 278 g/mol. The van der Waals surface area contributed by atoms with Gasteiger partial charge in [-0.2, -0.15) is 13.2 Å². The van der Waals surface area contributed by atoms with E-state index in [0.717, 1.165) is 5.56 Å². The first-order valence-corrected chi connectivity index (χ1v) is 6.22. The van der Waals surface area contributed by atoms with Crippen LogP contribution in [0, 0.1) is 5.92 Å². The van der Waals surface area contributed by atoms with Crippen LogP contribution in [0.25, 0.3) is 0 Å². The van der Waals surface area contributed by atoms with E-state index < -0.39 is 12.1 Å². The number of piperidine rings is 1. The maximum absolute atomic E-state index is 12.5. The highest BCUT2D eigenvalue weighted by Crippen LogP contribution is 2.34. The molecule has 1 saturated heterocycles. The molecule has 2 nitrogen and oxygen atoms in total. The standard InChI is InChI=1S/C12H14ClF3N2/c13-11-7-9(1-4-17-11)8-18-5-2-10(3-6-18)12(14,15)16/h1,4,7,10H,2-3,5-6,8H2. The number of likely N-dealkylation sites (tertiary alicyclic amines) is 1. The fourth-order valence-corrected chi connectivity index (χ4v) is 2.41. The minimum atomic E-state index is -4.05. The summed E-state index contributed by atoms with van der Waals surface area (Å²) < 4.78 is 37.5. The van der Waals surface area contributed by atoms with Crippen LogP contribution in [0.5, 0.6) is 0 Å². The van der Waals surface area contributed by atoms with Gasteiger partial charge in [-0.3, -0.25) is 4.90 Å². The second kappa shape index (κ2) is 5.45. The van der Waals surface area contributed by atoms with Crippen molar-refractivity contribution in [2.45, 2.75) is 25.6 Å². The van der Waals surface area contributed by atoms with Crippen molar-refractivity contribution in [3.8, 4) is 0 Å². The molecular formula is C12H14ClF3N2. The SMILES string of the molecule is FC(F)(F)C1CCN(Cc2ccnc(Cl)c2)CC1. The number of aromatic nitrogens is 1. The van der Waals surface area contributed by atoms with Gasteiger partial charge in [0.05, 0.1) is 5.92 Å². The fraction of sp³-hybridized carbons (Fsp3) is 0.583. The summed E-state index contributed by atoms with van der Waals surface area (Å²) in [4.78, 5) is 5.90. The summed E-state index contributed by atoms with van der Waals surface area (Å²) in [7, 11) is 0. The number of rotatable bonds is 2. The third kappa shape index (κ3) is 3.59. The molecule has 18 heavy (non-hydrogen) atoms. The van der Waals surface area contributed by atoms with Crippen LogP contribution < -0.4 is 0 Å². The van der Waals surface area contributed by atoms with Gasteiger partial charge in [0.1, 0.15) is 5.15 Å². The molecule has 1 aliphatic heterocycles. The zero-order valence-corrected chi connectivity index (χ0v) is 10.5. The first-order chi connectivity index (χ1) is 8.45. The van der Waals surface area contributed by atoms with Crippen molar-refractivity contribution in [1.82, 2.24) is 9.88 Å². The van der Waals surface area contributed by atoms with Crippen molar-refractivity contribution in [3.05, 3.63) is 29.0 Å². The lowest BCUT2D eigenvalue weighted by atomic mass is 9.96. The molecule has 0 radical (unpaired) electrons. The number of halogens is 4. The van der Waals surface area contributed by atoms with Crippen molar-refractivity contribution in [2.75, 3.05) is 13.1 Å². The predicted octanol–water partition coefficient (Wildman–Crippen LogP) is 3.51. The molecule has 0 N–H and O–H groups in total. The molecular weight excluding hydrogens is 265 g/mol. The zero-order valence-electron chi connectivity index (χ0n) is 9.75. The molecule has 6 heteroatoms. The summed E-state index contributed by atoms with van der Waals surface area (Å²) in [5, 5.41) is 0.415. The van der Waals surface area contributed by atoms with E-state index in [2.05, 4.69) is 4.98 Å². The molecule has 0 amide bonds. The lowest BCUT2D eigenvalue weighted by Gasteiger charge is -2.32. The molecule has 1 aromatic rings. The highest BCUT2D eigenvalue weighted by Gasteiger charge is 2.40. The molecule has 1 fully saturated rings. The van der Waals surface area contributed by atoms with Gasteiger partial charge < -0.3 is 0 Å². The third-order valence-corrected chi connectivity index (χ3v) is 3.45. The minimum absolute atomic E-state index is 0.183. The van der Waals surface area contributed by atoms with Gasteiger partial charge >= 0.3 is 6.18 Å². The molecule has 1 aromatic heterocycles. The largest absolute Gasteiger partial charge is 0.391 e. The zero-order chi connectivity index (χ0) is 13.2. The normalized spacial score (nSPS) is 19.1. The number of hydrogen-bond acceptors (Lipinski definition) is 2. The Morgan fingerprint density at radius 3 is 2.56 bits per heavy atom. The molecule has 0 bridgehead atoms. The van der Waals surface area contributed by atoms with Crippen molar-refractivity contribution in [3.63, 3.8) is 0 Å². The van der Waals surface area contributed by atoms with E-state index in [1.165, 1.54) is 0 Å². The Kier molecular flexibility index (Phi) is 4.12. The molecule has 1 aliphatic rings. The van der Waals surface area contributed by atoms with Crippen molar-refractivity contribution >= 4 is 11.6 Å². The third-order valence-electron chi connectivity index (χ3n) is 3.25. The molecule has 0 unspecified atom stereocenters. The Morgan fingerprint density at radius 1 is 1.33 bits per heavy atom. The summed E-state index contributed by atoms with van der Waals surface area (Å²) >= 11 is 5.77. The molecule has 0 aliphatic carbocycles. The molecule has 0 atom stereocenters. The Morgan fingerprint density at radius 2 is 2.00 bits per heavy atom. The summed E-state index contributed by atoms with van der Waals surface area (Å²) in [6, 6.07) is 3.58. The van der Waals surface area contributed by atoms with Crippen LogP contribution in [-0.2, 0) is 6.54 Å². The summed E-state index contributed by atoms with van der Waals surface area (Å²) in [6.07, 6.45) is -2.07. The van der Waals surface area contributed by atoms with Crippen LogP contribution in [0.4, 0.5) is 13.2 Å². The maximum Gasteiger partial charge on any atom is 0.391 e. The van der Waals surface area contributed by atoms with Gasteiger partial charge in [0.15, 0.2) is 0 Å². The van der Waals surface area contributed by atoms with E-state index in [1.54, 1.807) is 12.3 Å². The highest BCUT2D eigenvalue weighted by molar-refractivity contribution is 6.29. The number of hydrogen-bond donors (Lipinski definition) is 0. The Hall–Kier alpha value is -0.810. The Bertz CT molecular complexity index is 401. The molecule has 0 spiro atoms. The fourth-order valence-electron chi connectivity index (χ4n) is 2.22. The van der Waals surface area contributed by atoms with E-state index in [-0.39, 0.29) is 12.8 Å². The minimum Gasteiger partial charge on any atom is -0.299 e. The first-order valence-electron chi connectivity index (χ1n) is 5.84. The van der Waals surface area contributed by atoms with Gasteiger partial charge in [0.25, 0.3) is 0 Å². The van der Waals surface area contributed by atoms with Gasteiger partial charge in [-0.1, -0.05) is 11.6 Å². The van der Waals surface area contributed by atoms with Gasteiger partial charge in [-0.25, -0.2) is 4.98 Å². The number of alkyl halides is 3. The summed E-state index contributed by atoms with van der Waals surface area (Å²) in [5.41, 5.74) is 0.987. The lowest BCUT2D eigenvalue weighted by Crippen LogP contribution is -2.38. The average Bonchev–Trinajstić information content (AvgIpc) is 2.28. The molecule has 2 rings (SSSR count).